The number of benzene rings is 2. The Bertz CT molecular complexity index is 723. The second-order valence-electron chi connectivity index (χ2n) is 5.22. The highest BCUT2D eigenvalue weighted by atomic mass is 32.2. The van der Waals surface area contributed by atoms with Crippen LogP contribution in [0.2, 0.25) is 0 Å². The Morgan fingerprint density at radius 2 is 1.54 bits per heavy atom. The molecule has 1 heterocycles. The second-order valence-corrected chi connectivity index (χ2v) is 7.94. The summed E-state index contributed by atoms with van der Waals surface area (Å²) >= 11 is 3.88. The summed E-state index contributed by atoms with van der Waals surface area (Å²) < 4.78 is 5.13. The van der Waals surface area contributed by atoms with Gasteiger partial charge in [0.25, 0.3) is 5.91 Å². The fourth-order valence-electron chi connectivity index (χ4n) is 2.35. The molecule has 2 aromatic carbocycles. The van der Waals surface area contributed by atoms with E-state index < -0.39 is 5.97 Å². The van der Waals surface area contributed by atoms with Crippen molar-refractivity contribution < 1.29 is 14.3 Å². The maximum atomic E-state index is 12.3. The molecule has 0 atom stereocenters. The highest BCUT2D eigenvalue weighted by Crippen LogP contribution is 2.45. The minimum Gasteiger partial charge on any atom is -0.465 e. The molecule has 24 heavy (non-hydrogen) atoms. The van der Waals surface area contributed by atoms with Crippen LogP contribution in [0.1, 0.15) is 30.9 Å². The Hall–Kier alpha value is -1.92. The van der Waals surface area contributed by atoms with E-state index in [0.29, 0.717) is 21.4 Å². The van der Waals surface area contributed by atoms with Crippen molar-refractivity contribution >= 4 is 41.1 Å². The summed E-state index contributed by atoms with van der Waals surface area (Å²) in [5.41, 5.74) is 2.95. The lowest BCUT2D eigenvalue weighted by molar-refractivity contribution is 0.0600. The normalized spacial score (nSPS) is 14.4. The number of nitrogens with one attached hydrogen (secondary N) is 1. The van der Waals surface area contributed by atoms with Crippen LogP contribution in [-0.4, -0.2) is 30.5 Å². The van der Waals surface area contributed by atoms with Crippen LogP contribution < -0.4 is 5.32 Å². The lowest BCUT2D eigenvalue weighted by atomic mass is 10.1. The van der Waals surface area contributed by atoms with Crippen molar-refractivity contribution in [3.8, 4) is 0 Å². The molecule has 3 rings (SSSR count). The number of amides is 1. The van der Waals surface area contributed by atoms with Gasteiger partial charge in [0.05, 0.1) is 17.3 Å². The highest BCUT2D eigenvalue weighted by Gasteiger charge is 2.18. The first-order chi connectivity index (χ1) is 11.7. The molecule has 1 fully saturated rings. The summed E-state index contributed by atoms with van der Waals surface area (Å²) in [5, 5.41) is 2.83. The van der Waals surface area contributed by atoms with Crippen molar-refractivity contribution in [1.29, 1.82) is 0 Å². The number of hydrogen-bond donors (Lipinski definition) is 1. The van der Waals surface area contributed by atoms with Crippen LogP contribution in [0.15, 0.2) is 48.5 Å². The molecular weight excluding hydrogens is 342 g/mol. The predicted octanol–water partition coefficient (Wildman–Crippen LogP) is 4.20. The van der Waals surface area contributed by atoms with Crippen molar-refractivity contribution in [3.05, 3.63) is 65.2 Å². The molecule has 4 nitrogen and oxygen atoms in total. The fraction of sp³-hybridized carbons (Fsp3) is 0.222. The highest BCUT2D eigenvalue weighted by molar-refractivity contribution is 8.19. The number of thioether (sulfide) groups is 2. The van der Waals surface area contributed by atoms with Gasteiger partial charge in [-0.15, -0.1) is 23.5 Å². The zero-order chi connectivity index (χ0) is 16.9. The first-order valence-electron chi connectivity index (χ1n) is 7.50. The smallest absolute Gasteiger partial charge is 0.337 e. The van der Waals surface area contributed by atoms with Crippen LogP contribution in [0.25, 0.3) is 0 Å². The van der Waals surface area contributed by atoms with Crippen molar-refractivity contribution in [3.63, 3.8) is 0 Å². The van der Waals surface area contributed by atoms with Gasteiger partial charge in [-0.3, -0.25) is 4.79 Å². The predicted molar refractivity (Wildman–Crippen MR) is 99.8 cm³/mol. The van der Waals surface area contributed by atoms with Gasteiger partial charge in [-0.2, -0.15) is 0 Å². The number of carbonyl (C=O) groups excluding carboxylic acids is 2. The average molecular weight is 359 g/mol. The van der Waals surface area contributed by atoms with Crippen LogP contribution in [0.3, 0.4) is 0 Å². The summed E-state index contributed by atoms with van der Waals surface area (Å²) in [6, 6.07) is 14.4. The molecule has 0 unspecified atom stereocenters. The van der Waals surface area contributed by atoms with Gasteiger partial charge in [0, 0.05) is 22.8 Å². The Labute approximate surface area is 149 Å². The third kappa shape index (κ3) is 3.94. The number of anilines is 1. The van der Waals surface area contributed by atoms with Crippen LogP contribution in [0, 0.1) is 0 Å². The molecule has 1 aliphatic rings. The molecule has 0 radical (unpaired) electrons. The first kappa shape index (κ1) is 16.9. The zero-order valence-corrected chi connectivity index (χ0v) is 14.8. The topological polar surface area (TPSA) is 55.4 Å². The van der Waals surface area contributed by atoms with E-state index in [-0.39, 0.29) is 5.91 Å². The van der Waals surface area contributed by atoms with Gasteiger partial charge in [0.1, 0.15) is 0 Å². The Balaban J connectivity index is 1.65. The summed E-state index contributed by atoms with van der Waals surface area (Å²) in [6.45, 7) is 0. The molecule has 0 saturated carbocycles. The van der Waals surface area contributed by atoms with Gasteiger partial charge in [-0.05, 0) is 42.0 Å². The molecule has 0 aliphatic carbocycles. The van der Waals surface area contributed by atoms with Crippen LogP contribution in [-0.2, 0) is 4.74 Å². The van der Waals surface area contributed by atoms with Crippen LogP contribution in [0.5, 0.6) is 0 Å². The zero-order valence-electron chi connectivity index (χ0n) is 13.2. The SMILES string of the molecule is COC(=O)c1ccc(NC(=O)c2ccc(C3SCCS3)cc2)cc1. The Morgan fingerprint density at radius 1 is 0.958 bits per heavy atom. The molecule has 0 aromatic heterocycles. The van der Waals surface area contributed by atoms with E-state index in [2.05, 4.69) is 10.1 Å². The van der Waals surface area contributed by atoms with Crippen molar-refractivity contribution in [1.82, 2.24) is 0 Å². The lowest BCUT2D eigenvalue weighted by Crippen LogP contribution is -2.12. The van der Waals surface area contributed by atoms with E-state index in [1.807, 2.05) is 47.8 Å². The van der Waals surface area contributed by atoms with E-state index in [9.17, 15) is 9.59 Å². The number of methoxy groups -OCH3 is 1. The molecule has 0 spiro atoms. The molecule has 1 amide bonds. The lowest BCUT2D eigenvalue weighted by Gasteiger charge is -2.10. The van der Waals surface area contributed by atoms with Crippen molar-refractivity contribution in [2.75, 3.05) is 23.9 Å². The van der Waals surface area contributed by atoms with Gasteiger partial charge in [-0.25, -0.2) is 4.79 Å². The largest absolute Gasteiger partial charge is 0.465 e. The van der Waals surface area contributed by atoms with Crippen molar-refractivity contribution in [2.45, 2.75) is 4.58 Å². The molecule has 1 saturated heterocycles. The minimum absolute atomic E-state index is 0.168. The number of hydrogen-bond acceptors (Lipinski definition) is 5. The van der Waals surface area contributed by atoms with Crippen LogP contribution >= 0.6 is 23.5 Å². The maximum absolute atomic E-state index is 12.3. The summed E-state index contributed by atoms with van der Waals surface area (Å²) in [7, 11) is 1.34. The summed E-state index contributed by atoms with van der Waals surface area (Å²) in [5.74, 6) is 1.79. The maximum Gasteiger partial charge on any atom is 0.337 e. The Morgan fingerprint density at radius 3 is 2.12 bits per heavy atom. The van der Waals surface area contributed by atoms with Gasteiger partial charge < -0.3 is 10.1 Å². The van der Waals surface area contributed by atoms with Gasteiger partial charge in [-0.1, -0.05) is 12.1 Å². The van der Waals surface area contributed by atoms with E-state index >= 15 is 0 Å². The van der Waals surface area contributed by atoms with Gasteiger partial charge in [0.2, 0.25) is 0 Å². The quantitative estimate of drug-likeness (QED) is 0.829. The summed E-state index contributed by atoms with van der Waals surface area (Å²) in [6.07, 6.45) is 0. The number of rotatable bonds is 4. The molecular formula is C18H17NO3S2. The molecule has 1 aliphatic heterocycles. The number of esters is 1. The monoisotopic (exact) mass is 359 g/mol. The molecule has 0 bridgehead atoms. The van der Waals surface area contributed by atoms with E-state index in [1.54, 1.807) is 24.3 Å². The van der Waals surface area contributed by atoms with Gasteiger partial charge >= 0.3 is 5.97 Å². The van der Waals surface area contributed by atoms with Gasteiger partial charge in [0.15, 0.2) is 0 Å². The first-order valence-corrected chi connectivity index (χ1v) is 9.60. The fourth-order valence-corrected chi connectivity index (χ4v) is 5.21. The van der Waals surface area contributed by atoms with E-state index in [4.69, 9.17) is 0 Å². The summed E-state index contributed by atoms with van der Waals surface area (Å²) in [4.78, 5) is 23.7. The molecule has 6 heteroatoms. The molecule has 1 N–H and O–H groups in total. The standard InChI is InChI=1S/C18H17NO3S2/c1-22-17(21)13-6-8-15(9-7-13)19-16(20)12-2-4-14(5-3-12)18-23-10-11-24-18/h2-9,18H,10-11H2,1H3,(H,19,20). The van der Waals surface area contributed by atoms with Crippen molar-refractivity contribution in [2.24, 2.45) is 0 Å². The number of carbonyl (C=O) groups is 2. The molecule has 2 aromatic rings. The average Bonchev–Trinajstić information content (AvgIpc) is 3.16. The van der Waals surface area contributed by atoms with Crippen LogP contribution in [0.4, 0.5) is 5.69 Å². The third-order valence-corrected chi connectivity index (χ3v) is 6.74. The second kappa shape index (κ2) is 7.77. The Kier molecular flexibility index (Phi) is 5.48. The minimum atomic E-state index is -0.397. The third-order valence-electron chi connectivity index (χ3n) is 3.63. The number of ether oxygens (including phenoxy) is 1. The van der Waals surface area contributed by atoms with E-state index in [0.717, 1.165) is 0 Å². The molecule has 124 valence electrons. The van der Waals surface area contributed by atoms with E-state index in [1.165, 1.54) is 24.2 Å².